The fraction of sp³-hybridized carbons (Fsp3) is 0.600. The Kier molecular flexibility index (Phi) is 1.99. The van der Waals surface area contributed by atoms with Crippen LogP contribution in [0.1, 0.15) is 20.3 Å². The molecule has 82 valence electrons. The number of nitrogens with one attached hydrogen (secondary N) is 1. The Bertz CT molecular complexity index is 498. The van der Waals surface area contributed by atoms with E-state index in [9.17, 15) is 9.59 Å². The maximum atomic E-state index is 11.5. The third-order valence-electron chi connectivity index (χ3n) is 3.19. The molecule has 1 aliphatic rings. The van der Waals surface area contributed by atoms with Gasteiger partial charge in [0.15, 0.2) is 0 Å². The van der Waals surface area contributed by atoms with Gasteiger partial charge in [0, 0.05) is 12.6 Å². The summed E-state index contributed by atoms with van der Waals surface area (Å²) in [7, 11) is 0. The lowest BCUT2D eigenvalue weighted by atomic mass is 10.1. The predicted molar refractivity (Wildman–Crippen MR) is 57.6 cm³/mol. The minimum atomic E-state index is -0.441. The van der Waals surface area contributed by atoms with Crippen molar-refractivity contribution in [2.45, 2.75) is 26.8 Å². The van der Waals surface area contributed by atoms with Crippen LogP contribution in [0.15, 0.2) is 15.7 Å². The van der Waals surface area contributed by atoms with Gasteiger partial charge in [0.1, 0.15) is 5.82 Å². The van der Waals surface area contributed by atoms with Crippen LogP contribution >= 0.6 is 0 Å². The highest BCUT2D eigenvalue weighted by Gasteiger charge is 2.45. The molecule has 5 nitrogen and oxygen atoms in total. The Labute approximate surface area is 86.9 Å². The van der Waals surface area contributed by atoms with Gasteiger partial charge in [-0.15, -0.1) is 0 Å². The molecule has 1 aliphatic carbocycles. The quantitative estimate of drug-likeness (QED) is 0.728. The van der Waals surface area contributed by atoms with E-state index in [2.05, 4.69) is 18.8 Å². The third-order valence-corrected chi connectivity index (χ3v) is 3.19. The highest BCUT2D eigenvalue weighted by atomic mass is 16.2. The van der Waals surface area contributed by atoms with Gasteiger partial charge in [-0.25, -0.2) is 4.79 Å². The molecule has 1 atom stereocenters. The second kappa shape index (κ2) is 2.98. The number of hydrogen-bond acceptors (Lipinski definition) is 3. The largest absolute Gasteiger partial charge is 0.385 e. The minimum Gasteiger partial charge on any atom is -0.385 e. The van der Waals surface area contributed by atoms with Crippen LogP contribution in [0.25, 0.3) is 0 Å². The second-order valence-electron chi connectivity index (χ2n) is 4.86. The number of H-pyrrole nitrogens is 1. The molecule has 0 spiro atoms. The SMILES string of the molecule is CC1(C)CC1Cn1c(N)cc(=O)[nH]c1=O. The number of nitrogen functional groups attached to an aromatic ring is 1. The van der Waals surface area contributed by atoms with Gasteiger partial charge < -0.3 is 5.73 Å². The van der Waals surface area contributed by atoms with Crippen molar-refractivity contribution in [1.29, 1.82) is 0 Å². The van der Waals surface area contributed by atoms with Gasteiger partial charge in [0.25, 0.3) is 5.56 Å². The van der Waals surface area contributed by atoms with Crippen molar-refractivity contribution >= 4 is 5.82 Å². The van der Waals surface area contributed by atoms with E-state index in [-0.39, 0.29) is 5.82 Å². The number of rotatable bonds is 2. The highest BCUT2D eigenvalue weighted by Crippen LogP contribution is 2.52. The molecule has 0 saturated heterocycles. The zero-order valence-corrected chi connectivity index (χ0v) is 8.91. The first kappa shape index (κ1) is 10.0. The van der Waals surface area contributed by atoms with Crippen molar-refractivity contribution in [1.82, 2.24) is 9.55 Å². The maximum Gasteiger partial charge on any atom is 0.329 e. The minimum absolute atomic E-state index is 0.242. The van der Waals surface area contributed by atoms with E-state index in [0.717, 1.165) is 6.42 Å². The summed E-state index contributed by atoms with van der Waals surface area (Å²) in [5.41, 5.74) is 5.07. The summed E-state index contributed by atoms with van der Waals surface area (Å²) in [6.45, 7) is 4.91. The highest BCUT2D eigenvalue weighted by molar-refractivity contribution is 5.26. The van der Waals surface area contributed by atoms with Crippen LogP contribution in [0.3, 0.4) is 0 Å². The molecule has 0 aromatic carbocycles. The van der Waals surface area contributed by atoms with Crippen molar-refractivity contribution in [2.75, 3.05) is 5.73 Å². The molecule has 1 unspecified atom stereocenters. The summed E-state index contributed by atoms with van der Waals surface area (Å²) in [5, 5.41) is 0. The molecule has 0 aliphatic heterocycles. The molecule has 3 N–H and O–H groups in total. The van der Waals surface area contributed by atoms with Crippen molar-refractivity contribution in [3.8, 4) is 0 Å². The predicted octanol–water partition coefficient (Wildman–Crippen LogP) is 0.165. The zero-order chi connectivity index (χ0) is 11.2. The van der Waals surface area contributed by atoms with Crippen molar-refractivity contribution in [2.24, 2.45) is 11.3 Å². The van der Waals surface area contributed by atoms with E-state index in [1.807, 2.05) is 0 Å². The van der Waals surface area contributed by atoms with Gasteiger partial charge in [-0.05, 0) is 17.8 Å². The van der Waals surface area contributed by atoms with Crippen LogP contribution in [0.5, 0.6) is 0 Å². The first-order valence-electron chi connectivity index (χ1n) is 5.00. The maximum absolute atomic E-state index is 11.5. The van der Waals surface area contributed by atoms with E-state index in [4.69, 9.17) is 5.73 Å². The van der Waals surface area contributed by atoms with Crippen LogP contribution in [-0.2, 0) is 6.54 Å². The Morgan fingerprint density at radius 1 is 1.60 bits per heavy atom. The Balaban J connectivity index is 2.30. The molecule has 1 saturated carbocycles. The summed E-state index contributed by atoms with van der Waals surface area (Å²) in [5.74, 6) is 0.717. The van der Waals surface area contributed by atoms with Gasteiger partial charge in [0.05, 0.1) is 0 Å². The van der Waals surface area contributed by atoms with Crippen molar-refractivity contribution in [3.63, 3.8) is 0 Å². The van der Waals surface area contributed by atoms with Crippen LogP contribution in [0.2, 0.25) is 0 Å². The standard InChI is InChI=1S/C10H15N3O2/c1-10(2)4-6(10)5-13-7(11)3-8(14)12-9(13)15/h3,6H,4-5,11H2,1-2H3,(H,12,14,15). The van der Waals surface area contributed by atoms with E-state index < -0.39 is 11.2 Å². The Morgan fingerprint density at radius 2 is 2.20 bits per heavy atom. The van der Waals surface area contributed by atoms with Crippen molar-refractivity contribution < 1.29 is 0 Å². The fourth-order valence-electron chi connectivity index (χ4n) is 1.83. The first-order valence-corrected chi connectivity index (χ1v) is 5.00. The molecule has 0 bridgehead atoms. The number of nitrogens with zero attached hydrogens (tertiary/aromatic N) is 1. The monoisotopic (exact) mass is 209 g/mol. The lowest BCUT2D eigenvalue weighted by molar-refractivity contribution is 0.489. The molecular weight excluding hydrogens is 194 g/mol. The van der Waals surface area contributed by atoms with Gasteiger partial charge in [-0.2, -0.15) is 0 Å². The van der Waals surface area contributed by atoms with E-state index in [1.165, 1.54) is 10.6 Å². The zero-order valence-electron chi connectivity index (χ0n) is 8.91. The number of aromatic nitrogens is 2. The molecule has 0 amide bonds. The Morgan fingerprint density at radius 3 is 2.67 bits per heavy atom. The average molecular weight is 209 g/mol. The third kappa shape index (κ3) is 1.82. The molecule has 1 aromatic rings. The lowest BCUT2D eigenvalue weighted by Crippen LogP contribution is -2.32. The first-order chi connectivity index (χ1) is 6.90. The fourth-order valence-corrected chi connectivity index (χ4v) is 1.83. The lowest BCUT2D eigenvalue weighted by Gasteiger charge is -2.09. The molecular formula is C10H15N3O2. The van der Waals surface area contributed by atoms with Gasteiger partial charge in [-0.1, -0.05) is 13.8 Å². The number of hydrogen-bond donors (Lipinski definition) is 2. The van der Waals surface area contributed by atoms with Gasteiger partial charge >= 0.3 is 5.69 Å². The Hall–Kier alpha value is -1.52. The molecule has 1 aromatic heterocycles. The smallest absolute Gasteiger partial charge is 0.329 e. The molecule has 1 fully saturated rings. The topological polar surface area (TPSA) is 80.9 Å². The summed E-state index contributed by atoms with van der Waals surface area (Å²) >= 11 is 0. The molecule has 2 rings (SSSR count). The number of aromatic amines is 1. The molecule has 0 radical (unpaired) electrons. The number of anilines is 1. The number of nitrogens with two attached hydrogens (primary N) is 1. The summed E-state index contributed by atoms with van der Waals surface area (Å²) in [6.07, 6.45) is 1.10. The molecule has 1 heterocycles. The van der Waals surface area contributed by atoms with Gasteiger partial charge in [0.2, 0.25) is 0 Å². The van der Waals surface area contributed by atoms with E-state index in [1.54, 1.807) is 0 Å². The van der Waals surface area contributed by atoms with Gasteiger partial charge in [-0.3, -0.25) is 14.3 Å². The normalized spacial score (nSPS) is 22.7. The summed E-state index contributed by atoms with van der Waals surface area (Å²) in [6, 6.07) is 1.25. The summed E-state index contributed by atoms with van der Waals surface area (Å²) in [4.78, 5) is 24.6. The molecule has 15 heavy (non-hydrogen) atoms. The molecule has 5 heteroatoms. The van der Waals surface area contributed by atoms with E-state index in [0.29, 0.717) is 17.9 Å². The van der Waals surface area contributed by atoms with Crippen LogP contribution in [0, 0.1) is 11.3 Å². The van der Waals surface area contributed by atoms with Crippen LogP contribution < -0.4 is 17.0 Å². The summed E-state index contributed by atoms with van der Waals surface area (Å²) < 4.78 is 1.43. The second-order valence-corrected chi connectivity index (χ2v) is 4.86. The average Bonchev–Trinajstić information content (AvgIpc) is 2.66. The van der Waals surface area contributed by atoms with Crippen LogP contribution in [0.4, 0.5) is 5.82 Å². The van der Waals surface area contributed by atoms with E-state index >= 15 is 0 Å². The van der Waals surface area contributed by atoms with Crippen molar-refractivity contribution in [3.05, 3.63) is 26.9 Å². The van der Waals surface area contributed by atoms with Crippen LogP contribution in [-0.4, -0.2) is 9.55 Å².